The number of ether oxygens (including phenoxy) is 1. The number of hydrogen-bond donors (Lipinski definition) is 1. The van der Waals surface area contributed by atoms with E-state index in [9.17, 15) is 4.79 Å². The van der Waals surface area contributed by atoms with Gasteiger partial charge >= 0.3 is 0 Å². The fourth-order valence-corrected chi connectivity index (χ4v) is 2.41. The van der Waals surface area contributed by atoms with Crippen LogP contribution in [0.1, 0.15) is 28.3 Å². The van der Waals surface area contributed by atoms with Crippen LogP contribution in [0.25, 0.3) is 0 Å². The number of amides is 1. The minimum Gasteiger partial charge on any atom is -0.485 e. The Morgan fingerprint density at radius 2 is 2.08 bits per heavy atom. The molecule has 1 heterocycles. The smallest absolute Gasteiger partial charge is 0.286 e. The maximum Gasteiger partial charge on any atom is 0.286 e. The monoisotopic (exact) mass is 350 g/mol. The Labute approximate surface area is 147 Å². The Hall–Kier alpha value is -1.98. The summed E-state index contributed by atoms with van der Waals surface area (Å²) < 4.78 is 11.2. The van der Waals surface area contributed by atoms with Crippen molar-refractivity contribution in [2.24, 2.45) is 0 Å². The van der Waals surface area contributed by atoms with Crippen LogP contribution in [-0.2, 0) is 6.61 Å². The van der Waals surface area contributed by atoms with Crippen molar-refractivity contribution in [2.45, 2.75) is 20.0 Å². The summed E-state index contributed by atoms with van der Waals surface area (Å²) in [7, 11) is 4.01. The van der Waals surface area contributed by atoms with Gasteiger partial charge in [-0.1, -0.05) is 11.6 Å². The van der Waals surface area contributed by atoms with Crippen LogP contribution in [0.3, 0.4) is 0 Å². The van der Waals surface area contributed by atoms with E-state index in [2.05, 4.69) is 10.2 Å². The average Bonchev–Trinajstić information content (AvgIpc) is 2.99. The van der Waals surface area contributed by atoms with Crippen molar-refractivity contribution < 1.29 is 13.9 Å². The highest BCUT2D eigenvalue weighted by Crippen LogP contribution is 2.23. The van der Waals surface area contributed by atoms with Crippen LogP contribution in [0.15, 0.2) is 34.7 Å². The summed E-state index contributed by atoms with van der Waals surface area (Å²) in [5.74, 6) is 1.43. The maximum absolute atomic E-state index is 12.0. The first-order chi connectivity index (χ1) is 11.5. The molecule has 2 rings (SSSR count). The van der Waals surface area contributed by atoms with E-state index < -0.39 is 0 Å². The van der Waals surface area contributed by atoms with Gasteiger partial charge in [-0.15, -0.1) is 0 Å². The van der Waals surface area contributed by atoms with E-state index in [1.165, 1.54) is 0 Å². The zero-order valence-electron chi connectivity index (χ0n) is 14.3. The van der Waals surface area contributed by atoms with Gasteiger partial charge in [-0.25, -0.2) is 0 Å². The molecule has 0 atom stereocenters. The van der Waals surface area contributed by atoms with E-state index in [0.29, 0.717) is 23.1 Å². The molecule has 0 radical (unpaired) electrons. The number of benzene rings is 1. The summed E-state index contributed by atoms with van der Waals surface area (Å²) in [4.78, 5) is 14.1. The molecule has 0 aliphatic rings. The molecular formula is C18H23ClN2O3. The molecule has 0 spiro atoms. The normalized spacial score (nSPS) is 10.9. The molecule has 0 saturated heterocycles. The first-order valence-corrected chi connectivity index (χ1v) is 8.24. The van der Waals surface area contributed by atoms with E-state index in [1.807, 2.05) is 33.2 Å². The summed E-state index contributed by atoms with van der Waals surface area (Å²) in [5.41, 5.74) is 0.952. The van der Waals surface area contributed by atoms with E-state index in [4.69, 9.17) is 20.8 Å². The third-order valence-electron chi connectivity index (χ3n) is 3.46. The third-order valence-corrected chi connectivity index (χ3v) is 3.70. The maximum atomic E-state index is 12.0. The number of aryl methyl sites for hydroxylation is 1. The number of halogens is 1. The lowest BCUT2D eigenvalue weighted by atomic mass is 10.2. The van der Waals surface area contributed by atoms with Gasteiger partial charge in [-0.2, -0.15) is 0 Å². The number of carbonyl (C=O) groups excluding carboxylic acids is 1. The molecular weight excluding hydrogens is 328 g/mol. The van der Waals surface area contributed by atoms with E-state index in [-0.39, 0.29) is 12.5 Å². The third kappa shape index (κ3) is 5.58. The van der Waals surface area contributed by atoms with E-state index in [0.717, 1.165) is 24.3 Å². The van der Waals surface area contributed by atoms with Crippen molar-refractivity contribution in [1.82, 2.24) is 10.2 Å². The van der Waals surface area contributed by atoms with Crippen LogP contribution in [0.5, 0.6) is 5.75 Å². The molecule has 0 saturated carbocycles. The van der Waals surface area contributed by atoms with Crippen molar-refractivity contribution in [3.63, 3.8) is 0 Å². The van der Waals surface area contributed by atoms with Crippen molar-refractivity contribution in [1.29, 1.82) is 0 Å². The standard InChI is InChI=1S/C18H23ClN2O3/c1-13-11-14(19)5-7-16(13)23-12-15-6-8-17(24-15)18(22)20-9-4-10-21(2)3/h5-8,11H,4,9-10,12H2,1-3H3,(H,20,22). The number of nitrogens with one attached hydrogen (secondary N) is 1. The van der Waals surface area contributed by atoms with Gasteiger partial charge in [0.15, 0.2) is 5.76 Å². The highest BCUT2D eigenvalue weighted by atomic mass is 35.5. The van der Waals surface area contributed by atoms with Gasteiger partial charge in [0.25, 0.3) is 5.91 Å². The fraction of sp³-hybridized carbons (Fsp3) is 0.389. The molecule has 1 aromatic carbocycles. The Morgan fingerprint density at radius 3 is 2.79 bits per heavy atom. The molecule has 130 valence electrons. The summed E-state index contributed by atoms with van der Waals surface area (Å²) >= 11 is 5.92. The van der Waals surface area contributed by atoms with Gasteiger partial charge in [-0.05, 0) is 69.9 Å². The lowest BCUT2D eigenvalue weighted by Gasteiger charge is -2.09. The molecule has 1 aromatic heterocycles. The van der Waals surface area contributed by atoms with Gasteiger partial charge in [-0.3, -0.25) is 4.79 Å². The van der Waals surface area contributed by atoms with Crippen LogP contribution >= 0.6 is 11.6 Å². The second-order valence-electron chi connectivity index (χ2n) is 5.88. The first kappa shape index (κ1) is 18.4. The highest BCUT2D eigenvalue weighted by molar-refractivity contribution is 6.30. The zero-order chi connectivity index (χ0) is 17.5. The molecule has 0 aliphatic heterocycles. The van der Waals surface area contributed by atoms with Crippen molar-refractivity contribution in [3.05, 3.63) is 52.4 Å². The topological polar surface area (TPSA) is 54.7 Å². The predicted octanol–water partition coefficient (Wildman–Crippen LogP) is 3.50. The summed E-state index contributed by atoms with van der Waals surface area (Å²) in [5, 5.41) is 3.51. The molecule has 1 amide bonds. The second kappa shape index (κ2) is 8.76. The summed E-state index contributed by atoms with van der Waals surface area (Å²) in [6, 6.07) is 8.85. The molecule has 2 aromatic rings. The van der Waals surface area contributed by atoms with Crippen molar-refractivity contribution in [3.8, 4) is 5.75 Å². The molecule has 6 heteroatoms. The minimum atomic E-state index is -0.206. The Bertz CT molecular complexity index is 683. The number of carbonyl (C=O) groups is 1. The quantitative estimate of drug-likeness (QED) is 0.740. The molecule has 5 nitrogen and oxygen atoms in total. The Morgan fingerprint density at radius 1 is 1.29 bits per heavy atom. The minimum absolute atomic E-state index is 0.206. The van der Waals surface area contributed by atoms with Gasteiger partial charge in [0.05, 0.1) is 0 Å². The number of nitrogens with zero attached hydrogens (tertiary/aromatic N) is 1. The van der Waals surface area contributed by atoms with Gasteiger partial charge in [0, 0.05) is 11.6 Å². The Kier molecular flexibility index (Phi) is 6.70. The first-order valence-electron chi connectivity index (χ1n) is 7.86. The van der Waals surface area contributed by atoms with E-state index >= 15 is 0 Å². The molecule has 1 N–H and O–H groups in total. The molecule has 0 unspecified atom stereocenters. The molecule has 0 bridgehead atoms. The van der Waals surface area contributed by atoms with Gasteiger partial charge < -0.3 is 19.4 Å². The molecule has 0 fully saturated rings. The molecule has 24 heavy (non-hydrogen) atoms. The largest absolute Gasteiger partial charge is 0.485 e. The van der Waals surface area contributed by atoms with Crippen molar-refractivity contribution in [2.75, 3.05) is 27.2 Å². The lowest BCUT2D eigenvalue weighted by molar-refractivity contribution is 0.0920. The van der Waals surface area contributed by atoms with Crippen LogP contribution < -0.4 is 10.1 Å². The molecule has 0 aliphatic carbocycles. The highest BCUT2D eigenvalue weighted by Gasteiger charge is 2.11. The summed E-state index contributed by atoms with van der Waals surface area (Å²) in [6.45, 7) is 3.73. The van der Waals surface area contributed by atoms with E-state index in [1.54, 1.807) is 18.2 Å². The zero-order valence-corrected chi connectivity index (χ0v) is 15.0. The van der Waals surface area contributed by atoms with Crippen LogP contribution in [0.4, 0.5) is 0 Å². The lowest BCUT2D eigenvalue weighted by Crippen LogP contribution is -2.26. The summed E-state index contributed by atoms with van der Waals surface area (Å²) in [6.07, 6.45) is 0.894. The fourth-order valence-electron chi connectivity index (χ4n) is 2.19. The van der Waals surface area contributed by atoms with Gasteiger partial charge in [0.2, 0.25) is 0 Å². The average molecular weight is 351 g/mol. The number of rotatable bonds is 8. The SMILES string of the molecule is Cc1cc(Cl)ccc1OCc1ccc(C(=O)NCCCN(C)C)o1. The second-order valence-corrected chi connectivity index (χ2v) is 6.31. The van der Waals surface area contributed by atoms with Crippen LogP contribution in [0.2, 0.25) is 5.02 Å². The van der Waals surface area contributed by atoms with Crippen LogP contribution in [-0.4, -0.2) is 38.0 Å². The van der Waals surface area contributed by atoms with Crippen molar-refractivity contribution >= 4 is 17.5 Å². The van der Waals surface area contributed by atoms with Crippen LogP contribution in [0, 0.1) is 6.92 Å². The predicted molar refractivity (Wildman–Crippen MR) is 94.7 cm³/mol. The Balaban J connectivity index is 1.83. The number of furan rings is 1. The van der Waals surface area contributed by atoms with Gasteiger partial charge in [0.1, 0.15) is 18.1 Å². The number of hydrogen-bond acceptors (Lipinski definition) is 4.